The van der Waals surface area contributed by atoms with Crippen molar-refractivity contribution in [3.05, 3.63) is 59.1 Å². The minimum atomic E-state index is -3.01. The number of rotatable bonds is 4. The molecule has 3 aromatic heterocycles. The molecule has 1 aliphatic rings. The summed E-state index contributed by atoms with van der Waals surface area (Å²) in [5, 5.41) is 5.22. The Kier molecular flexibility index (Phi) is 5.13. The molecule has 0 unspecified atom stereocenters. The quantitative estimate of drug-likeness (QED) is 0.375. The standard InChI is InChI=1S/C20H19ClFN7O2S/c21-17-16(29-9-4-10-32(29,30)31)18(23)26-19(25-17)15-13-6-3-8-24-20(13)28(27-15)11-12-5-1-2-7-14(12)22/h1-3,5-8,30-31H,4,9-11H2,(H2,23,25,26). The smallest absolute Gasteiger partial charge is 0.184 e. The zero-order valence-corrected chi connectivity index (χ0v) is 18.3. The van der Waals surface area contributed by atoms with E-state index in [4.69, 9.17) is 17.3 Å². The van der Waals surface area contributed by atoms with Gasteiger partial charge in [-0.25, -0.2) is 24.0 Å². The average Bonchev–Trinajstić information content (AvgIpc) is 3.29. The van der Waals surface area contributed by atoms with Crippen molar-refractivity contribution < 1.29 is 13.5 Å². The van der Waals surface area contributed by atoms with E-state index in [0.717, 1.165) is 0 Å². The topological polar surface area (TPSA) is 126 Å². The highest BCUT2D eigenvalue weighted by Gasteiger charge is 2.33. The maximum absolute atomic E-state index is 14.2. The van der Waals surface area contributed by atoms with Crippen LogP contribution in [-0.4, -0.2) is 46.1 Å². The number of aromatic nitrogens is 5. The number of halogens is 2. The SMILES string of the molecule is Nc1nc(-c2nn(Cc3ccccc3F)c3ncccc23)nc(Cl)c1N1CCCS1(O)O. The van der Waals surface area contributed by atoms with Gasteiger partial charge in [-0.3, -0.25) is 13.4 Å². The first-order chi connectivity index (χ1) is 15.3. The van der Waals surface area contributed by atoms with Crippen LogP contribution in [0.2, 0.25) is 5.15 Å². The highest BCUT2D eigenvalue weighted by Crippen LogP contribution is 2.53. The number of hydrogen-bond donors (Lipinski definition) is 3. The van der Waals surface area contributed by atoms with E-state index >= 15 is 0 Å². The van der Waals surface area contributed by atoms with Crippen LogP contribution in [0.25, 0.3) is 22.6 Å². The molecule has 5 rings (SSSR count). The maximum atomic E-state index is 14.2. The minimum absolute atomic E-state index is 0.00457. The lowest BCUT2D eigenvalue weighted by molar-refractivity contribution is 0.491. The predicted molar refractivity (Wildman–Crippen MR) is 123 cm³/mol. The molecule has 166 valence electrons. The zero-order valence-electron chi connectivity index (χ0n) is 16.7. The maximum Gasteiger partial charge on any atom is 0.184 e. The Labute approximate surface area is 189 Å². The summed E-state index contributed by atoms with van der Waals surface area (Å²) in [6.45, 7) is 0.551. The van der Waals surface area contributed by atoms with Gasteiger partial charge in [-0.05, 0) is 24.6 Å². The second-order valence-corrected chi connectivity index (χ2v) is 9.81. The van der Waals surface area contributed by atoms with Crippen LogP contribution in [0.5, 0.6) is 0 Å². The van der Waals surface area contributed by atoms with E-state index < -0.39 is 10.8 Å². The lowest BCUT2D eigenvalue weighted by Crippen LogP contribution is -2.24. The average molecular weight is 476 g/mol. The van der Waals surface area contributed by atoms with Gasteiger partial charge in [0.05, 0.1) is 17.7 Å². The van der Waals surface area contributed by atoms with Gasteiger partial charge < -0.3 is 5.73 Å². The molecule has 0 spiro atoms. The highest BCUT2D eigenvalue weighted by molar-refractivity contribution is 8.25. The summed E-state index contributed by atoms with van der Waals surface area (Å²) < 4.78 is 37.7. The molecule has 0 saturated carbocycles. The van der Waals surface area contributed by atoms with Gasteiger partial charge in [0.25, 0.3) is 0 Å². The fourth-order valence-corrected chi connectivity index (χ4v) is 5.73. The number of hydrogen-bond acceptors (Lipinski definition) is 8. The van der Waals surface area contributed by atoms with Gasteiger partial charge in [-0.15, -0.1) is 10.8 Å². The van der Waals surface area contributed by atoms with Crippen molar-refractivity contribution >= 4 is 44.9 Å². The monoisotopic (exact) mass is 475 g/mol. The molecular formula is C20H19ClFN7O2S. The van der Waals surface area contributed by atoms with Crippen molar-refractivity contribution in [3.8, 4) is 11.5 Å². The van der Waals surface area contributed by atoms with E-state index in [1.807, 2.05) is 0 Å². The van der Waals surface area contributed by atoms with E-state index in [-0.39, 0.29) is 40.6 Å². The van der Waals surface area contributed by atoms with E-state index in [2.05, 4.69) is 20.1 Å². The first-order valence-electron chi connectivity index (χ1n) is 9.77. The van der Waals surface area contributed by atoms with E-state index in [1.54, 1.807) is 41.2 Å². The molecule has 1 fully saturated rings. The Hall–Kier alpha value is -2.99. The van der Waals surface area contributed by atoms with Crippen LogP contribution in [0, 0.1) is 5.82 Å². The number of nitrogen functional groups attached to an aromatic ring is 1. The number of anilines is 2. The van der Waals surface area contributed by atoms with Gasteiger partial charge in [0.15, 0.2) is 22.4 Å². The number of benzene rings is 1. The van der Waals surface area contributed by atoms with E-state index in [1.165, 1.54) is 10.4 Å². The van der Waals surface area contributed by atoms with Crippen molar-refractivity contribution in [3.63, 3.8) is 0 Å². The second-order valence-electron chi connectivity index (χ2n) is 7.34. The first kappa shape index (κ1) is 20.9. The molecule has 0 radical (unpaired) electrons. The predicted octanol–water partition coefficient (Wildman–Crippen LogP) is 4.19. The summed E-state index contributed by atoms with van der Waals surface area (Å²) in [5.41, 5.74) is 7.74. The first-order valence-corrected chi connectivity index (χ1v) is 11.8. The van der Waals surface area contributed by atoms with Crippen LogP contribution in [0.3, 0.4) is 0 Å². The van der Waals surface area contributed by atoms with E-state index in [0.29, 0.717) is 35.3 Å². The molecular weight excluding hydrogens is 457 g/mol. The summed E-state index contributed by atoms with van der Waals surface area (Å²) in [7, 11) is -3.01. The largest absolute Gasteiger partial charge is 0.382 e. The van der Waals surface area contributed by atoms with Crippen molar-refractivity contribution in [2.75, 3.05) is 22.3 Å². The highest BCUT2D eigenvalue weighted by atomic mass is 35.5. The fraction of sp³-hybridized carbons (Fsp3) is 0.200. The molecule has 4 aromatic rings. The number of pyridine rings is 1. The van der Waals surface area contributed by atoms with Crippen LogP contribution >= 0.6 is 22.4 Å². The summed E-state index contributed by atoms with van der Waals surface area (Å²) >= 11 is 6.42. The summed E-state index contributed by atoms with van der Waals surface area (Å²) in [6.07, 6.45) is 2.21. The number of fused-ring (bicyclic) bond motifs is 1. The summed E-state index contributed by atoms with van der Waals surface area (Å²) in [5.74, 6) is 0.0762. The minimum Gasteiger partial charge on any atom is -0.382 e. The molecule has 1 aromatic carbocycles. The summed E-state index contributed by atoms with van der Waals surface area (Å²) in [6, 6.07) is 10.0. The molecule has 32 heavy (non-hydrogen) atoms. The van der Waals surface area contributed by atoms with Crippen LogP contribution in [0.15, 0.2) is 42.6 Å². The molecule has 0 aliphatic carbocycles. The number of nitrogens with zero attached hydrogens (tertiary/aromatic N) is 6. The molecule has 0 amide bonds. The summed E-state index contributed by atoms with van der Waals surface area (Å²) in [4.78, 5) is 13.1. The van der Waals surface area contributed by atoms with Crippen molar-refractivity contribution in [2.45, 2.75) is 13.0 Å². The Morgan fingerprint density at radius 3 is 2.69 bits per heavy atom. The molecule has 4 heterocycles. The molecule has 4 N–H and O–H groups in total. The normalized spacial score (nSPS) is 16.6. The lowest BCUT2D eigenvalue weighted by atomic mass is 10.2. The third kappa shape index (κ3) is 3.52. The molecule has 9 nitrogen and oxygen atoms in total. The van der Waals surface area contributed by atoms with Crippen LogP contribution in [0.4, 0.5) is 15.9 Å². The van der Waals surface area contributed by atoms with Gasteiger partial charge in [0.2, 0.25) is 0 Å². The van der Waals surface area contributed by atoms with Gasteiger partial charge >= 0.3 is 0 Å². The zero-order chi connectivity index (χ0) is 22.5. The van der Waals surface area contributed by atoms with Gasteiger partial charge in [-0.2, -0.15) is 5.10 Å². The van der Waals surface area contributed by atoms with E-state index in [9.17, 15) is 13.5 Å². The second kappa shape index (κ2) is 7.85. The lowest BCUT2D eigenvalue weighted by Gasteiger charge is -2.38. The van der Waals surface area contributed by atoms with Crippen LogP contribution < -0.4 is 10.0 Å². The third-order valence-corrected chi connectivity index (χ3v) is 7.42. The Morgan fingerprint density at radius 1 is 1.16 bits per heavy atom. The molecule has 0 bridgehead atoms. The van der Waals surface area contributed by atoms with Crippen molar-refractivity contribution in [1.29, 1.82) is 0 Å². The van der Waals surface area contributed by atoms with Crippen molar-refractivity contribution in [2.24, 2.45) is 0 Å². The van der Waals surface area contributed by atoms with Gasteiger partial charge in [0, 0.05) is 18.3 Å². The van der Waals surface area contributed by atoms with Gasteiger partial charge in [-0.1, -0.05) is 29.8 Å². The Balaban J connectivity index is 1.60. The Bertz CT molecular complexity index is 1310. The molecule has 1 aliphatic heterocycles. The third-order valence-electron chi connectivity index (χ3n) is 5.25. The molecule has 1 saturated heterocycles. The van der Waals surface area contributed by atoms with Gasteiger partial charge in [0.1, 0.15) is 17.2 Å². The van der Waals surface area contributed by atoms with Crippen LogP contribution in [-0.2, 0) is 6.54 Å². The Morgan fingerprint density at radius 2 is 1.97 bits per heavy atom. The molecule has 12 heteroatoms. The fourth-order valence-electron chi connectivity index (χ4n) is 3.77. The molecule has 0 atom stereocenters. The number of nitrogens with two attached hydrogens (primary N) is 1. The van der Waals surface area contributed by atoms with Crippen LogP contribution in [0.1, 0.15) is 12.0 Å². The van der Waals surface area contributed by atoms with Crippen molar-refractivity contribution in [1.82, 2.24) is 24.7 Å².